The standard InChI is InChI=1S/C17H29NO2/c1-6-18-14(4)17-15(19-5)10-7-11-16(17)20-12-8-9-13(2)3/h7,10-11,13-14,18H,6,8-9,12H2,1-5H3. The van der Waals surface area contributed by atoms with E-state index in [0.29, 0.717) is 0 Å². The fourth-order valence-corrected chi connectivity index (χ4v) is 2.34. The fraction of sp³-hybridized carbons (Fsp3) is 0.647. The summed E-state index contributed by atoms with van der Waals surface area (Å²) in [6.45, 7) is 10.4. The van der Waals surface area contributed by atoms with Crippen molar-refractivity contribution in [2.45, 2.75) is 46.6 Å². The summed E-state index contributed by atoms with van der Waals surface area (Å²) in [4.78, 5) is 0. The maximum Gasteiger partial charge on any atom is 0.127 e. The van der Waals surface area contributed by atoms with Crippen LogP contribution in [0.4, 0.5) is 0 Å². The Morgan fingerprint density at radius 2 is 1.85 bits per heavy atom. The molecule has 0 aromatic heterocycles. The van der Waals surface area contributed by atoms with Gasteiger partial charge < -0.3 is 14.8 Å². The predicted molar refractivity (Wildman–Crippen MR) is 84.7 cm³/mol. The van der Waals surface area contributed by atoms with Crippen LogP contribution >= 0.6 is 0 Å². The van der Waals surface area contributed by atoms with E-state index in [4.69, 9.17) is 9.47 Å². The first-order chi connectivity index (χ1) is 9.60. The lowest BCUT2D eigenvalue weighted by Gasteiger charge is -2.20. The summed E-state index contributed by atoms with van der Waals surface area (Å²) in [6, 6.07) is 6.22. The highest BCUT2D eigenvalue weighted by Gasteiger charge is 2.16. The number of nitrogens with one attached hydrogen (secondary N) is 1. The minimum absolute atomic E-state index is 0.219. The molecule has 0 amide bonds. The van der Waals surface area contributed by atoms with Gasteiger partial charge in [0.1, 0.15) is 11.5 Å². The second-order valence-electron chi connectivity index (χ2n) is 5.54. The summed E-state index contributed by atoms with van der Waals surface area (Å²) in [5.74, 6) is 2.55. The van der Waals surface area contributed by atoms with Crippen LogP contribution in [0.25, 0.3) is 0 Å². The molecule has 0 aliphatic heterocycles. The molecule has 3 nitrogen and oxygen atoms in total. The summed E-state index contributed by atoms with van der Waals surface area (Å²) < 4.78 is 11.5. The van der Waals surface area contributed by atoms with Crippen LogP contribution in [0.5, 0.6) is 11.5 Å². The van der Waals surface area contributed by atoms with E-state index in [0.717, 1.165) is 42.6 Å². The quantitative estimate of drug-likeness (QED) is 0.688. The van der Waals surface area contributed by atoms with Crippen molar-refractivity contribution in [2.75, 3.05) is 20.3 Å². The number of ether oxygens (including phenoxy) is 2. The molecular formula is C17H29NO2. The molecule has 114 valence electrons. The summed E-state index contributed by atoms with van der Waals surface area (Å²) in [7, 11) is 1.71. The largest absolute Gasteiger partial charge is 0.496 e. The molecule has 0 bridgehead atoms. The number of rotatable bonds is 9. The van der Waals surface area contributed by atoms with Gasteiger partial charge in [0.25, 0.3) is 0 Å². The van der Waals surface area contributed by atoms with Gasteiger partial charge in [0, 0.05) is 6.04 Å². The zero-order valence-corrected chi connectivity index (χ0v) is 13.5. The van der Waals surface area contributed by atoms with E-state index in [-0.39, 0.29) is 6.04 Å². The maximum atomic E-state index is 5.98. The van der Waals surface area contributed by atoms with Crippen LogP contribution in [0, 0.1) is 5.92 Å². The zero-order valence-electron chi connectivity index (χ0n) is 13.5. The normalized spacial score (nSPS) is 12.5. The molecule has 1 aromatic carbocycles. The van der Waals surface area contributed by atoms with Gasteiger partial charge in [-0.1, -0.05) is 26.8 Å². The molecule has 0 spiro atoms. The molecule has 1 rings (SSSR count). The van der Waals surface area contributed by atoms with Gasteiger partial charge in [0.2, 0.25) is 0 Å². The highest BCUT2D eigenvalue weighted by Crippen LogP contribution is 2.34. The summed E-state index contributed by atoms with van der Waals surface area (Å²) in [5, 5.41) is 3.43. The second kappa shape index (κ2) is 8.85. The smallest absolute Gasteiger partial charge is 0.127 e. The minimum atomic E-state index is 0.219. The molecule has 0 saturated heterocycles. The molecule has 1 N–H and O–H groups in total. The molecule has 0 aliphatic rings. The minimum Gasteiger partial charge on any atom is -0.496 e. The Labute approximate surface area is 123 Å². The van der Waals surface area contributed by atoms with Crippen molar-refractivity contribution >= 4 is 0 Å². The van der Waals surface area contributed by atoms with Crippen molar-refractivity contribution < 1.29 is 9.47 Å². The number of methoxy groups -OCH3 is 1. The molecule has 0 aliphatic carbocycles. The Morgan fingerprint density at radius 3 is 2.45 bits per heavy atom. The van der Waals surface area contributed by atoms with E-state index in [1.807, 2.05) is 18.2 Å². The molecule has 0 fully saturated rings. The van der Waals surface area contributed by atoms with Crippen molar-refractivity contribution in [1.29, 1.82) is 0 Å². The molecule has 1 atom stereocenters. The van der Waals surface area contributed by atoms with Crippen molar-refractivity contribution in [2.24, 2.45) is 5.92 Å². The first kappa shape index (κ1) is 16.8. The van der Waals surface area contributed by atoms with Gasteiger partial charge in [0.05, 0.1) is 19.3 Å². The van der Waals surface area contributed by atoms with Crippen LogP contribution in [0.15, 0.2) is 18.2 Å². The number of hydrogen-bond donors (Lipinski definition) is 1. The Kier molecular flexibility index (Phi) is 7.45. The molecule has 1 aromatic rings. The van der Waals surface area contributed by atoms with E-state index in [1.54, 1.807) is 7.11 Å². The highest BCUT2D eigenvalue weighted by atomic mass is 16.5. The van der Waals surface area contributed by atoms with Crippen molar-refractivity contribution in [3.63, 3.8) is 0 Å². The average Bonchev–Trinajstić information content (AvgIpc) is 2.43. The Bertz CT molecular complexity index is 391. The van der Waals surface area contributed by atoms with Gasteiger partial charge in [-0.25, -0.2) is 0 Å². The lowest BCUT2D eigenvalue weighted by molar-refractivity contribution is 0.289. The lowest BCUT2D eigenvalue weighted by atomic mass is 10.1. The van der Waals surface area contributed by atoms with Crippen LogP contribution in [-0.2, 0) is 0 Å². The molecule has 0 heterocycles. The topological polar surface area (TPSA) is 30.5 Å². The van der Waals surface area contributed by atoms with Crippen LogP contribution in [-0.4, -0.2) is 20.3 Å². The van der Waals surface area contributed by atoms with Gasteiger partial charge in [-0.2, -0.15) is 0 Å². The predicted octanol–water partition coefficient (Wildman–Crippen LogP) is 4.18. The van der Waals surface area contributed by atoms with Gasteiger partial charge in [0.15, 0.2) is 0 Å². The first-order valence-corrected chi connectivity index (χ1v) is 7.63. The van der Waals surface area contributed by atoms with Crippen molar-refractivity contribution in [3.8, 4) is 11.5 Å². The SMILES string of the molecule is CCNC(C)c1c(OC)cccc1OCCCC(C)C. The van der Waals surface area contributed by atoms with Gasteiger partial charge in [-0.15, -0.1) is 0 Å². The van der Waals surface area contributed by atoms with E-state index >= 15 is 0 Å². The van der Waals surface area contributed by atoms with Crippen LogP contribution in [0.3, 0.4) is 0 Å². The van der Waals surface area contributed by atoms with E-state index in [1.165, 1.54) is 6.42 Å². The van der Waals surface area contributed by atoms with Crippen LogP contribution in [0.1, 0.15) is 52.1 Å². The Balaban J connectivity index is 2.78. The Hall–Kier alpha value is -1.22. The maximum absolute atomic E-state index is 5.98. The molecular weight excluding hydrogens is 250 g/mol. The van der Waals surface area contributed by atoms with Crippen molar-refractivity contribution in [1.82, 2.24) is 5.32 Å². The lowest BCUT2D eigenvalue weighted by Crippen LogP contribution is -2.19. The van der Waals surface area contributed by atoms with Crippen molar-refractivity contribution in [3.05, 3.63) is 23.8 Å². The molecule has 3 heteroatoms. The third kappa shape index (κ3) is 5.04. The summed E-state index contributed by atoms with van der Waals surface area (Å²) in [6.07, 6.45) is 2.28. The van der Waals surface area contributed by atoms with Gasteiger partial charge >= 0.3 is 0 Å². The zero-order chi connectivity index (χ0) is 15.0. The number of hydrogen-bond acceptors (Lipinski definition) is 3. The van der Waals surface area contributed by atoms with Gasteiger partial charge in [-0.05, 0) is 44.4 Å². The number of benzene rings is 1. The van der Waals surface area contributed by atoms with Gasteiger partial charge in [-0.3, -0.25) is 0 Å². The van der Waals surface area contributed by atoms with Crippen LogP contribution in [0.2, 0.25) is 0 Å². The molecule has 20 heavy (non-hydrogen) atoms. The van der Waals surface area contributed by atoms with Crippen LogP contribution < -0.4 is 14.8 Å². The average molecular weight is 279 g/mol. The first-order valence-electron chi connectivity index (χ1n) is 7.63. The molecule has 0 saturated carbocycles. The van der Waals surface area contributed by atoms with E-state index in [9.17, 15) is 0 Å². The molecule has 1 unspecified atom stereocenters. The third-order valence-corrected chi connectivity index (χ3v) is 3.37. The monoisotopic (exact) mass is 279 g/mol. The van der Waals surface area contributed by atoms with E-state index < -0.39 is 0 Å². The summed E-state index contributed by atoms with van der Waals surface area (Å²) in [5.41, 5.74) is 1.11. The third-order valence-electron chi connectivity index (χ3n) is 3.37. The second-order valence-corrected chi connectivity index (χ2v) is 5.54. The highest BCUT2D eigenvalue weighted by molar-refractivity contribution is 5.46. The summed E-state index contributed by atoms with van der Waals surface area (Å²) >= 11 is 0. The van der Waals surface area contributed by atoms with E-state index in [2.05, 4.69) is 33.0 Å². The fourth-order valence-electron chi connectivity index (χ4n) is 2.34. The Morgan fingerprint density at radius 1 is 1.15 bits per heavy atom. The molecule has 0 radical (unpaired) electrons.